The van der Waals surface area contributed by atoms with Crippen molar-refractivity contribution in [3.05, 3.63) is 60.2 Å². The van der Waals surface area contributed by atoms with Crippen LogP contribution in [0.4, 0.5) is 11.4 Å². The van der Waals surface area contributed by atoms with E-state index in [2.05, 4.69) is 22.5 Å². The van der Waals surface area contributed by atoms with Crippen molar-refractivity contribution in [2.45, 2.75) is 6.92 Å². The number of carbonyl (C=O) groups is 1. The maximum Gasteiger partial charge on any atom is 0.217 e. The number of hydrogen-bond acceptors (Lipinski definition) is 2. The maximum atomic E-state index is 10.7. The van der Waals surface area contributed by atoms with Gasteiger partial charge in [0.2, 0.25) is 5.91 Å². The minimum Gasteiger partial charge on any atom is -0.355 e. The molecular formula is C17H16N2O. The molecule has 0 spiro atoms. The number of hydrogen-bond donors (Lipinski definition) is 2. The Morgan fingerprint density at radius 1 is 1.05 bits per heavy atom. The summed E-state index contributed by atoms with van der Waals surface area (Å²) in [6, 6.07) is 17.8. The number of rotatable bonds is 3. The lowest BCUT2D eigenvalue weighted by Gasteiger charge is -2.06. The van der Waals surface area contributed by atoms with Crippen LogP contribution in [0.2, 0.25) is 0 Å². The Morgan fingerprint density at radius 3 is 2.55 bits per heavy atom. The summed E-state index contributed by atoms with van der Waals surface area (Å²) in [5.41, 5.74) is 2.94. The molecule has 0 aliphatic heterocycles. The Kier molecular flexibility index (Phi) is 4.80. The van der Waals surface area contributed by atoms with Gasteiger partial charge >= 0.3 is 0 Å². The summed E-state index contributed by atoms with van der Waals surface area (Å²) in [5.74, 6) is 5.87. The highest BCUT2D eigenvalue weighted by atomic mass is 16.1. The third-order valence-corrected chi connectivity index (χ3v) is 2.58. The van der Waals surface area contributed by atoms with Crippen LogP contribution < -0.4 is 10.6 Å². The molecule has 1 amide bonds. The molecule has 2 aromatic rings. The molecule has 0 fully saturated rings. The number of para-hydroxylation sites is 1. The van der Waals surface area contributed by atoms with Crippen LogP contribution in [0.15, 0.2) is 54.6 Å². The first-order chi connectivity index (χ1) is 9.74. The van der Waals surface area contributed by atoms with E-state index in [0.717, 1.165) is 16.9 Å². The molecule has 0 aromatic heterocycles. The summed E-state index contributed by atoms with van der Waals surface area (Å²) < 4.78 is 0. The molecular weight excluding hydrogens is 248 g/mol. The van der Waals surface area contributed by atoms with E-state index in [1.54, 1.807) is 0 Å². The third kappa shape index (κ3) is 4.51. The molecule has 0 unspecified atom stereocenters. The molecule has 2 rings (SSSR count). The van der Waals surface area contributed by atoms with Gasteiger partial charge in [0.25, 0.3) is 0 Å². The lowest BCUT2D eigenvalue weighted by molar-refractivity contribution is -0.118. The van der Waals surface area contributed by atoms with E-state index >= 15 is 0 Å². The molecule has 100 valence electrons. The van der Waals surface area contributed by atoms with Crippen molar-refractivity contribution in [2.75, 3.05) is 11.9 Å². The predicted molar refractivity (Wildman–Crippen MR) is 81.7 cm³/mol. The summed E-state index contributed by atoms with van der Waals surface area (Å²) in [7, 11) is 0. The second-order valence-corrected chi connectivity index (χ2v) is 4.28. The van der Waals surface area contributed by atoms with E-state index in [4.69, 9.17) is 0 Å². The number of amides is 1. The van der Waals surface area contributed by atoms with Crippen molar-refractivity contribution >= 4 is 17.3 Å². The fourth-order valence-corrected chi connectivity index (χ4v) is 1.68. The SMILES string of the molecule is CC(=O)NCC#Cc1cccc(Nc2ccccc2)c1. The van der Waals surface area contributed by atoms with Crippen molar-refractivity contribution in [1.82, 2.24) is 5.32 Å². The molecule has 0 saturated heterocycles. The van der Waals surface area contributed by atoms with Crippen molar-refractivity contribution < 1.29 is 4.79 Å². The van der Waals surface area contributed by atoms with E-state index in [1.165, 1.54) is 6.92 Å². The van der Waals surface area contributed by atoms with Crippen LogP contribution in [0.25, 0.3) is 0 Å². The Hall–Kier alpha value is -2.73. The minimum atomic E-state index is -0.0706. The number of carbonyl (C=O) groups excluding carboxylic acids is 1. The Morgan fingerprint density at radius 2 is 1.80 bits per heavy atom. The van der Waals surface area contributed by atoms with Crippen molar-refractivity contribution in [3.8, 4) is 11.8 Å². The van der Waals surface area contributed by atoms with Crippen molar-refractivity contribution in [3.63, 3.8) is 0 Å². The Balaban J connectivity index is 2.02. The minimum absolute atomic E-state index is 0.0706. The Bertz CT molecular complexity index is 639. The molecule has 0 atom stereocenters. The summed E-state index contributed by atoms with van der Waals surface area (Å²) in [5, 5.41) is 5.96. The molecule has 0 aliphatic rings. The average Bonchev–Trinajstić information content (AvgIpc) is 2.45. The number of anilines is 2. The van der Waals surface area contributed by atoms with Gasteiger partial charge in [-0.05, 0) is 30.3 Å². The smallest absolute Gasteiger partial charge is 0.217 e. The van der Waals surface area contributed by atoms with Crippen LogP contribution in [0.5, 0.6) is 0 Å². The largest absolute Gasteiger partial charge is 0.355 e. The van der Waals surface area contributed by atoms with E-state index in [9.17, 15) is 4.79 Å². The van der Waals surface area contributed by atoms with Crippen molar-refractivity contribution in [1.29, 1.82) is 0 Å². The summed E-state index contributed by atoms with van der Waals surface area (Å²) in [6.45, 7) is 1.84. The summed E-state index contributed by atoms with van der Waals surface area (Å²) in [4.78, 5) is 10.7. The average molecular weight is 264 g/mol. The van der Waals surface area contributed by atoms with Gasteiger partial charge in [0.1, 0.15) is 0 Å². The first-order valence-corrected chi connectivity index (χ1v) is 6.39. The van der Waals surface area contributed by atoms with E-state index in [-0.39, 0.29) is 5.91 Å². The fraction of sp³-hybridized carbons (Fsp3) is 0.118. The Labute approximate surface area is 119 Å². The van der Waals surface area contributed by atoms with Crippen molar-refractivity contribution in [2.24, 2.45) is 0 Å². The van der Waals surface area contributed by atoms with E-state index in [0.29, 0.717) is 6.54 Å². The molecule has 0 bridgehead atoms. The van der Waals surface area contributed by atoms with Crippen LogP contribution >= 0.6 is 0 Å². The van der Waals surface area contributed by atoms with Gasteiger partial charge < -0.3 is 10.6 Å². The van der Waals surface area contributed by atoms with Gasteiger partial charge in [-0.3, -0.25) is 4.79 Å². The van der Waals surface area contributed by atoms with Crippen LogP contribution in [0.1, 0.15) is 12.5 Å². The van der Waals surface area contributed by atoms with Crippen LogP contribution in [-0.4, -0.2) is 12.5 Å². The quantitative estimate of drug-likeness (QED) is 0.837. The van der Waals surface area contributed by atoms with Gasteiger partial charge in [0.05, 0.1) is 6.54 Å². The summed E-state index contributed by atoms with van der Waals surface area (Å²) >= 11 is 0. The monoisotopic (exact) mass is 264 g/mol. The highest BCUT2D eigenvalue weighted by Gasteiger charge is 1.94. The molecule has 3 heteroatoms. The molecule has 0 aliphatic carbocycles. The van der Waals surface area contributed by atoms with Gasteiger partial charge in [0, 0.05) is 23.9 Å². The third-order valence-electron chi connectivity index (χ3n) is 2.58. The van der Waals surface area contributed by atoms with Crippen LogP contribution in [-0.2, 0) is 4.79 Å². The zero-order valence-corrected chi connectivity index (χ0v) is 11.3. The van der Waals surface area contributed by atoms with Gasteiger partial charge in [-0.1, -0.05) is 36.1 Å². The first kappa shape index (κ1) is 13.7. The predicted octanol–water partition coefficient (Wildman–Crippen LogP) is 2.92. The molecule has 0 saturated carbocycles. The molecule has 2 N–H and O–H groups in total. The molecule has 0 heterocycles. The molecule has 0 radical (unpaired) electrons. The zero-order chi connectivity index (χ0) is 14.2. The topological polar surface area (TPSA) is 41.1 Å². The van der Waals surface area contributed by atoms with Gasteiger partial charge in [-0.2, -0.15) is 0 Å². The highest BCUT2D eigenvalue weighted by molar-refractivity contribution is 5.73. The van der Waals surface area contributed by atoms with Crippen LogP contribution in [0.3, 0.4) is 0 Å². The molecule has 2 aromatic carbocycles. The highest BCUT2D eigenvalue weighted by Crippen LogP contribution is 2.16. The number of benzene rings is 2. The standard InChI is InChI=1S/C17H16N2O/c1-14(20)18-12-6-8-15-7-5-11-17(13-15)19-16-9-3-2-4-10-16/h2-5,7,9-11,13,19H,12H2,1H3,(H,18,20). The lowest BCUT2D eigenvalue weighted by Crippen LogP contribution is -2.19. The second kappa shape index (κ2) is 7.01. The van der Waals surface area contributed by atoms with Gasteiger partial charge in [-0.15, -0.1) is 0 Å². The first-order valence-electron chi connectivity index (χ1n) is 6.39. The van der Waals surface area contributed by atoms with E-state index < -0.39 is 0 Å². The zero-order valence-electron chi connectivity index (χ0n) is 11.3. The molecule has 20 heavy (non-hydrogen) atoms. The fourth-order valence-electron chi connectivity index (χ4n) is 1.68. The maximum absolute atomic E-state index is 10.7. The second-order valence-electron chi connectivity index (χ2n) is 4.28. The number of nitrogens with one attached hydrogen (secondary N) is 2. The van der Waals surface area contributed by atoms with Gasteiger partial charge in [0.15, 0.2) is 0 Å². The molecule has 3 nitrogen and oxygen atoms in total. The lowest BCUT2D eigenvalue weighted by atomic mass is 10.2. The van der Waals surface area contributed by atoms with E-state index in [1.807, 2.05) is 54.6 Å². The van der Waals surface area contributed by atoms with Crippen LogP contribution in [0, 0.1) is 11.8 Å². The normalized spacial score (nSPS) is 9.25. The summed E-state index contributed by atoms with van der Waals surface area (Å²) in [6.07, 6.45) is 0. The van der Waals surface area contributed by atoms with Gasteiger partial charge in [-0.25, -0.2) is 0 Å².